The number of benzene rings is 1. The van der Waals surface area contributed by atoms with Crippen LogP contribution in [-0.2, 0) is 16.0 Å². The lowest BCUT2D eigenvalue weighted by atomic mass is 9.97. The van der Waals surface area contributed by atoms with E-state index in [-0.39, 0.29) is 23.1 Å². The van der Waals surface area contributed by atoms with E-state index in [1.807, 2.05) is 0 Å². The lowest BCUT2D eigenvalue weighted by molar-refractivity contribution is -0.132. The van der Waals surface area contributed by atoms with Gasteiger partial charge in [0.1, 0.15) is 0 Å². The lowest BCUT2D eigenvalue weighted by Crippen LogP contribution is -2.16. The molecule has 0 fully saturated rings. The Bertz CT molecular complexity index is 631. The van der Waals surface area contributed by atoms with Gasteiger partial charge in [-0.25, -0.2) is 14.4 Å². The van der Waals surface area contributed by atoms with Gasteiger partial charge in [0.15, 0.2) is 0 Å². The smallest absolute Gasteiger partial charge is 0.336 e. The molecule has 1 atom stereocenters. The molecule has 118 valence electrons. The molecule has 0 spiro atoms. The van der Waals surface area contributed by atoms with Crippen LogP contribution in [0.5, 0.6) is 0 Å². The number of hydrogen-bond donors (Lipinski definition) is 3. The Morgan fingerprint density at radius 2 is 1.82 bits per heavy atom. The highest BCUT2D eigenvalue weighted by Gasteiger charge is 2.21. The monoisotopic (exact) mass is 308 g/mol. The van der Waals surface area contributed by atoms with E-state index in [4.69, 9.17) is 14.9 Å². The molecule has 0 heterocycles. The standard InChI is InChI=1S/C15H16O7/c1-8(13(16)17)7-22-9(2)6-10-4-3-5-11(14(18)19)12(10)15(20)21/h3-5,7,9H,6H2,1-2H3,(H,16,17)(H,18,19)(H,20,21). The summed E-state index contributed by atoms with van der Waals surface area (Å²) < 4.78 is 5.22. The van der Waals surface area contributed by atoms with Crippen LogP contribution in [0, 0.1) is 0 Å². The Morgan fingerprint density at radius 1 is 1.18 bits per heavy atom. The predicted molar refractivity (Wildman–Crippen MR) is 76.0 cm³/mol. The molecule has 0 amide bonds. The van der Waals surface area contributed by atoms with E-state index >= 15 is 0 Å². The van der Waals surface area contributed by atoms with E-state index in [2.05, 4.69) is 0 Å². The van der Waals surface area contributed by atoms with Gasteiger partial charge in [0, 0.05) is 6.42 Å². The van der Waals surface area contributed by atoms with Gasteiger partial charge in [-0.1, -0.05) is 12.1 Å². The second-order valence-corrected chi connectivity index (χ2v) is 4.71. The summed E-state index contributed by atoms with van der Waals surface area (Å²) in [5.41, 5.74) is -0.273. The van der Waals surface area contributed by atoms with Gasteiger partial charge < -0.3 is 20.1 Å². The highest BCUT2D eigenvalue weighted by molar-refractivity contribution is 6.02. The molecule has 1 aromatic rings. The minimum atomic E-state index is -1.34. The van der Waals surface area contributed by atoms with Crippen LogP contribution in [0.25, 0.3) is 0 Å². The molecule has 0 aromatic heterocycles. The van der Waals surface area contributed by atoms with Crippen molar-refractivity contribution < 1.29 is 34.4 Å². The maximum Gasteiger partial charge on any atom is 0.336 e. The number of aliphatic carboxylic acids is 1. The molecule has 1 rings (SSSR count). The zero-order chi connectivity index (χ0) is 16.9. The van der Waals surface area contributed by atoms with Crippen molar-refractivity contribution in [3.63, 3.8) is 0 Å². The van der Waals surface area contributed by atoms with Gasteiger partial charge in [-0.15, -0.1) is 0 Å². The average Bonchev–Trinajstić information content (AvgIpc) is 2.43. The van der Waals surface area contributed by atoms with Gasteiger partial charge in [0.25, 0.3) is 0 Å². The topological polar surface area (TPSA) is 121 Å². The molecule has 7 heteroatoms. The molecule has 0 saturated carbocycles. The minimum Gasteiger partial charge on any atom is -0.497 e. The fourth-order valence-electron chi connectivity index (χ4n) is 1.83. The number of rotatable bonds is 7. The zero-order valence-electron chi connectivity index (χ0n) is 12.1. The van der Waals surface area contributed by atoms with Crippen molar-refractivity contribution in [2.24, 2.45) is 0 Å². The molecule has 0 radical (unpaired) electrons. The van der Waals surface area contributed by atoms with Crippen molar-refractivity contribution in [2.45, 2.75) is 26.4 Å². The summed E-state index contributed by atoms with van der Waals surface area (Å²) in [7, 11) is 0. The van der Waals surface area contributed by atoms with Gasteiger partial charge in [-0.05, 0) is 25.5 Å². The van der Waals surface area contributed by atoms with Gasteiger partial charge in [0.2, 0.25) is 0 Å². The van der Waals surface area contributed by atoms with E-state index in [0.29, 0.717) is 5.56 Å². The molecule has 0 bridgehead atoms. The van der Waals surface area contributed by atoms with E-state index in [0.717, 1.165) is 6.26 Å². The molecule has 3 N–H and O–H groups in total. The molecule has 7 nitrogen and oxygen atoms in total. The first-order valence-electron chi connectivity index (χ1n) is 6.38. The van der Waals surface area contributed by atoms with Crippen LogP contribution in [0.2, 0.25) is 0 Å². The fourth-order valence-corrected chi connectivity index (χ4v) is 1.83. The van der Waals surface area contributed by atoms with Crippen LogP contribution in [0.3, 0.4) is 0 Å². The number of aromatic carboxylic acids is 2. The summed E-state index contributed by atoms with van der Waals surface area (Å²) in [5.74, 6) is -3.78. The maximum absolute atomic E-state index is 11.3. The molecule has 0 aliphatic heterocycles. The van der Waals surface area contributed by atoms with Crippen LogP contribution < -0.4 is 0 Å². The number of ether oxygens (including phenoxy) is 1. The van der Waals surface area contributed by atoms with Crippen molar-refractivity contribution in [2.75, 3.05) is 0 Å². The summed E-state index contributed by atoms with van der Waals surface area (Å²) in [6.07, 6.45) is 0.692. The Labute approximate surface area is 126 Å². The molecule has 0 saturated heterocycles. The van der Waals surface area contributed by atoms with Gasteiger partial charge in [-0.3, -0.25) is 0 Å². The van der Waals surface area contributed by atoms with Crippen LogP contribution in [0.4, 0.5) is 0 Å². The Kier molecular flexibility index (Phi) is 5.68. The van der Waals surface area contributed by atoms with Crippen LogP contribution in [-0.4, -0.2) is 39.3 Å². The fraction of sp³-hybridized carbons (Fsp3) is 0.267. The van der Waals surface area contributed by atoms with Gasteiger partial charge in [-0.2, -0.15) is 0 Å². The summed E-state index contributed by atoms with van der Waals surface area (Å²) in [4.78, 5) is 33.0. The first-order valence-corrected chi connectivity index (χ1v) is 6.38. The molecule has 1 aromatic carbocycles. The number of carboxylic acid groups (broad SMARTS) is 3. The van der Waals surface area contributed by atoms with Crippen LogP contribution >= 0.6 is 0 Å². The maximum atomic E-state index is 11.3. The quantitative estimate of drug-likeness (QED) is 0.520. The number of hydrogen-bond acceptors (Lipinski definition) is 4. The third-order valence-corrected chi connectivity index (χ3v) is 2.92. The Morgan fingerprint density at radius 3 is 2.32 bits per heavy atom. The summed E-state index contributed by atoms with van der Waals surface area (Å²) in [6, 6.07) is 4.18. The zero-order valence-corrected chi connectivity index (χ0v) is 12.1. The molecule has 22 heavy (non-hydrogen) atoms. The minimum absolute atomic E-state index is 0.00425. The van der Waals surface area contributed by atoms with Crippen molar-refractivity contribution in [3.8, 4) is 0 Å². The van der Waals surface area contributed by atoms with E-state index in [1.54, 1.807) is 6.92 Å². The van der Waals surface area contributed by atoms with Crippen molar-refractivity contribution in [1.82, 2.24) is 0 Å². The first-order chi connectivity index (χ1) is 10.2. The van der Waals surface area contributed by atoms with Crippen molar-refractivity contribution in [3.05, 3.63) is 46.7 Å². The second kappa shape index (κ2) is 7.26. The van der Waals surface area contributed by atoms with Gasteiger partial charge >= 0.3 is 17.9 Å². The van der Waals surface area contributed by atoms with Crippen LogP contribution in [0.1, 0.15) is 40.1 Å². The number of carbonyl (C=O) groups is 3. The third-order valence-electron chi connectivity index (χ3n) is 2.92. The number of carboxylic acids is 3. The lowest BCUT2D eigenvalue weighted by Gasteiger charge is -2.14. The highest BCUT2D eigenvalue weighted by atomic mass is 16.5. The van der Waals surface area contributed by atoms with Crippen LogP contribution in [0.15, 0.2) is 30.0 Å². The van der Waals surface area contributed by atoms with Crippen molar-refractivity contribution in [1.29, 1.82) is 0 Å². The summed E-state index contributed by atoms with van der Waals surface area (Å²) in [5, 5.41) is 27.0. The normalized spacial score (nSPS) is 12.5. The van der Waals surface area contributed by atoms with Gasteiger partial charge in [0.05, 0.1) is 29.1 Å². The SMILES string of the molecule is CC(=COC(C)Cc1cccc(C(=O)O)c1C(=O)O)C(=O)O. The molecule has 1 unspecified atom stereocenters. The second-order valence-electron chi connectivity index (χ2n) is 4.71. The highest BCUT2D eigenvalue weighted by Crippen LogP contribution is 2.18. The summed E-state index contributed by atoms with van der Waals surface area (Å²) in [6.45, 7) is 2.99. The summed E-state index contributed by atoms with van der Waals surface area (Å²) >= 11 is 0. The predicted octanol–water partition coefficient (Wildman–Crippen LogP) is 2.02. The molecular weight excluding hydrogens is 292 g/mol. The van der Waals surface area contributed by atoms with Crippen molar-refractivity contribution >= 4 is 17.9 Å². The molecular formula is C15H16O7. The average molecular weight is 308 g/mol. The largest absolute Gasteiger partial charge is 0.497 e. The van der Waals surface area contributed by atoms with E-state index < -0.39 is 24.0 Å². The first kappa shape index (κ1) is 17.2. The third kappa shape index (κ3) is 4.34. The Hall–Kier alpha value is -2.83. The Balaban J connectivity index is 3.01. The molecule has 0 aliphatic rings. The van der Waals surface area contributed by atoms with E-state index in [9.17, 15) is 19.5 Å². The molecule has 0 aliphatic carbocycles. The van der Waals surface area contributed by atoms with E-state index in [1.165, 1.54) is 25.1 Å².